The van der Waals surface area contributed by atoms with Crippen molar-refractivity contribution in [2.75, 3.05) is 6.54 Å². The SMILES string of the molecule is Cc1ccc(C(=O)NC[C@@H](NC(=O)OC(C)C)C(F)(F)F)cc1. The maximum atomic E-state index is 12.9. The number of halogens is 3. The molecule has 0 aliphatic carbocycles. The summed E-state index contributed by atoms with van der Waals surface area (Å²) in [7, 11) is 0. The minimum absolute atomic E-state index is 0.237. The summed E-state index contributed by atoms with van der Waals surface area (Å²) >= 11 is 0. The van der Waals surface area contributed by atoms with E-state index in [2.05, 4.69) is 10.1 Å². The van der Waals surface area contributed by atoms with Crippen LogP contribution in [0.2, 0.25) is 0 Å². The van der Waals surface area contributed by atoms with E-state index >= 15 is 0 Å². The Labute approximate surface area is 132 Å². The van der Waals surface area contributed by atoms with Crippen LogP contribution in [0.1, 0.15) is 29.8 Å². The van der Waals surface area contributed by atoms with E-state index in [9.17, 15) is 22.8 Å². The fourth-order valence-electron chi connectivity index (χ4n) is 1.64. The summed E-state index contributed by atoms with van der Waals surface area (Å²) < 4.78 is 43.3. The molecule has 1 aromatic carbocycles. The van der Waals surface area contributed by atoms with Crippen molar-refractivity contribution in [1.82, 2.24) is 10.6 Å². The molecular formula is C15H19F3N2O3. The lowest BCUT2D eigenvalue weighted by atomic mass is 10.1. The summed E-state index contributed by atoms with van der Waals surface area (Å²) in [6.45, 7) is 4.07. The summed E-state index contributed by atoms with van der Waals surface area (Å²) in [4.78, 5) is 23.1. The van der Waals surface area contributed by atoms with E-state index in [0.717, 1.165) is 5.56 Å². The molecular weight excluding hydrogens is 313 g/mol. The molecule has 0 bridgehead atoms. The number of nitrogens with one attached hydrogen (secondary N) is 2. The molecule has 0 fully saturated rings. The van der Waals surface area contributed by atoms with Gasteiger partial charge in [-0.3, -0.25) is 4.79 Å². The maximum Gasteiger partial charge on any atom is 0.410 e. The standard InChI is InChI=1S/C15H19F3N2O3/c1-9(2)23-14(22)20-12(15(16,17)18)8-19-13(21)11-6-4-10(3)5-7-11/h4-7,9,12H,8H2,1-3H3,(H,19,21)(H,20,22)/t12-/m1/s1. The molecule has 1 atom stereocenters. The Balaban J connectivity index is 2.65. The molecule has 0 saturated heterocycles. The van der Waals surface area contributed by atoms with Gasteiger partial charge in [-0.25, -0.2) is 4.79 Å². The molecule has 0 heterocycles. The number of amides is 2. The Hall–Kier alpha value is -2.25. The van der Waals surface area contributed by atoms with Gasteiger partial charge in [0.2, 0.25) is 0 Å². The zero-order valence-electron chi connectivity index (χ0n) is 13.0. The van der Waals surface area contributed by atoms with Gasteiger partial charge < -0.3 is 15.4 Å². The van der Waals surface area contributed by atoms with Crippen LogP contribution in [0.4, 0.5) is 18.0 Å². The molecule has 0 aliphatic heterocycles. The van der Waals surface area contributed by atoms with Crippen LogP contribution in [0.25, 0.3) is 0 Å². The van der Waals surface area contributed by atoms with Crippen LogP contribution in [-0.2, 0) is 4.74 Å². The summed E-state index contributed by atoms with van der Waals surface area (Å²) in [5.74, 6) is -0.654. The third kappa shape index (κ3) is 6.58. The molecule has 128 valence electrons. The van der Waals surface area contributed by atoms with Crippen LogP contribution in [0, 0.1) is 6.92 Å². The Morgan fingerprint density at radius 3 is 2.22 bits per heavy atom. The zero-order valence-corrected chi connectivity index (χ0v) is 13.0. The molecule has 2 amide bonds. The van der Waals surface area contributed by atoms with Crippen LogP contribution in [0.5, 0.6) is 0 Å². The highest BCUT2D eigenvalue weighted by molar-refractivity contribution is 5.94. The van der Waals surface area contributed by atoms with Gasteiger partial charge >= 0.3 is 12.3 Å². The second-order valence-electron chi connectivity index (χ2n) is 5.27. The lowest BCUT2D eigenvalue weighted by molar-refractivity contribution is -0.153. The monoisotopic (exact) mass is 332 g/mol. The maximum absolute atomic E-state index is 12.9. The number of alkyl halides is 3. The van der Waals surface area contributed by atoms with E-state index in [-0.39, 0.29) is 5.56 Å². The van der Waals surface area contributed by atoms with Crippen molar-refractivity contribution in [2.45, 2.75) is 39.1 Å². The summed E-state index contributed by atoms with van der Waals surface area (Å²) in [6, 6.07) is 4.13. The van der Waals surface area contributed by atoms with E-state index < -0.39 is 36.9 Å². The summed E-state index contributed by atoms with van der Waals surface area (Å²) in [6.07, 6.45) is -6.45. The highest BCUT2D eigenvalue weighted by atomic mass is 19.4. The van der Waals surface area contributed by atoms with Crippen molar-refractivity contribution in [3.8, 4) is 0 Å². The van der Waals surface area contributed by atoms with Crippen LogP contribution in [0.3, 0.4) is 0 Å². The van der Waals surface area contributed by atoms with Crippen molar-refractivity contribution < 1.29 is 27.5 Å². The first-order chi connectivity index (χ1) is 10.6. The lowest BCUT2D eigenvalue weighted by Gasteiger charge is -2.22. The molecule has 0 unspecified atom stereocenters. The van der Waals surface area contributed by atoms with E-state index in [1.165, 1.54) is 26.0 Å². The average Bonchev–Trinajstić information content (AvgIpc) is 2.41. The summed E-state index contributed by atoms with van der Waals surface area (Å²) in [5.41, 5.74) is 1.16. The van der Waals surface area contributed by atoms with E-state index in [1.54, 1.807) is 17.4 Å². The van der Waals surface area contributed by atoms with Gasteiger partial charge in [-0.2, -0.15) is 13.2 Å². The molecule has 1 rings (SSSR count). The van der Waals surface area contributed by atoms with Gasteiger partial charge in [0, 0.05) is 12.1 Å². The highest BCUT2D eigenvalue weighted by Gasteiger charge is 2.41. The molecule has 5 nitrogen and oxygen atoms in total. The molecule has 0 aliphatic rings. The van der Waals surface area contributed by atoms with Gasteiger partial charge in [0.25, 0.3) is 5.91 Å². The average molecular weight is 332 g/mol. The van der Waals surface area contributed by atoms with E-state index in [0.29, 0.717) is 0 Å². The quantitative estimate of drug-likeness (QED) is 0.871. The van der Waals surface area contributed by atoms with Gasteiger partial charge in [-0.05, 0) is 32.9 Å². The molecule has 8 heteroatoms. The predicted molar refractivity (Wildman–Crippen MR) is 78.1 cm³/mol. The highest BCUT2D eigenvalue weighted by Crippen LogP contribution is 2.20. The molecule has 2 N–H and O–H groups in total. The van der Waals surface area contributed by atoms with Crippen LogP contribution < -0.4 is 10.6 Å². The normalized spacial score (nSPS) is 12.7. The molecule has 0 radical (unpaired) electrons. The molecule has 0 spiro atoms. The number of alkyl carbamates (subject to hydrolysis) is 1. The Bertz CT molecular complexity index is 542. The largest absolute Gasteiger partial charge is 0.447 e. The number of hydrogen-bond donors (Lipinski definition) is 2. The van der Waals surface area contributed by atoms with Crippen LogP contribution in [0.15, 0.2) is 24.3 Å². The third-order valence-corrected chi connectivity index (χ3v) is 2.81. The van der Waals surface area contributed by atoms with Crippen molar-refractivity contribution in [3.63, 3.8) is 0 Å². The second-order valence-corrected chi connectivity index (χ2v) is 5.27. The Morgan fingerprint density at radius 1 is 1.17 bits per heavy atom. The third-order valence-electron chi connectivity index (χ3n) is 2.81. The minimum Gasteiger partial charge on any atom is -0.447 e. The Kier molecular flexibility index (Phi) is 6.41. The first-order valence-corrected chi connectivity index (χ1v) is 6.98. The number of ether oxygens (including phenoxy) is 1. The number of rotatable bonds is 5. The van der Waals surface area contributed by atoms with E-state index in [4.69, 9.17) is 0 Å². The fraction of sp³-hybridized carbons (Fsp3) is 0.467. The number of carbonyl (C=O) groups is 2. The predicted octanol–water partition coefficient (Wildman–Crippen LogP) is 2.79. The smallest absolute Gasteiger partial charge is 0.410 e. The van der Waals surface area contributed by atoms with Gasteiger partial charge in [-0.15, -0.1) is 0 Å². The van der Waals surface area contributed by atoms with E-state index in [1.807, 2.05) is 6.92 Å². The fourth-order valence-corrected chi connectivity index (χ4v) is 1.64. The molecule has 23 heavy (non-hydrogen) atoms. The van der Waals surface area contributed by atoms with Gasteiger partial charge in [0.15, 0.2) is 0 Å². The van der Waals surface area contributed by atoms with Crippen LogP contribution >= 0.6 is 0 Å². The van der Waals surface area contributed by atoms with Crippen molar-refractivity contribution in [2.24, 2.45) is 0 Å². The molecule has 0 saturated carbocycles. The number of aryl methyl sites for hydroxylation is 1. The lowest BCUT2D eigenvalue weighted by Crippen LogP contribution is -2.52. The molecule has 0 aromatic heterocycles. The van der Waals surface area contributed by atoms with Gasteiger partial charge in [0.05, 0.1) is 6.10 Å². The molecule has 1 aromatic rings. The number of hydrogen-bond acceptors (Lipinski definition) is 3. The summed E-state index contributed by atoms with van der Waals surface area (Å²) in [5, 5.41) is 3.86. The number of benzene rings is 1. The van der Waals surface area contributed by atoms with Gasteiger partial charge in [-0.1, -0.05) is 17.7 Å². The Morgan fingerprint density at radius 2 is 1.74 bits per heavy atom. The van der Waals surface area contributed by atoms with Crippen molar-refractivity contribution in [3.05, 3.63) is 35.4 Å². The number of carbonyl (C=O) groups excluding carboxylic acids is 2. The van der Waals surface area contributed by atoms with Crippen molar-refractivity contribution in [1.29, 1.82) is 0 Å². The zero-order chi connectivity index (χ0) is 17.6. The van der Waals surface area contributed by atoms with Crippen molar-refractivity contribution >= 4 is 12.0 Å². The first-order valence-electron chi connectivity index (χ1n) is 6.98. The first kappa shape index (κ1) is 18.8. The minimum atomic E-state index is -4.71. The van der Waals surface area contributed by atoms with Crippen LogP contribution in [-0.4, -0.2) is 36.9 Å². The topological polar surface area (TPSA) is 67.4 Å². The van der Waals surface area contributed by atoms with Gasteiger partial charge in [0.1, 0.15) is 6.04 Å². The second kappa shape index (κ2) is 7.85.